The summed E-state index contributed by atoms with van der Waals surface area (Å²) in [7, 11) is 0. The maximum absolute atomic E-state index is 13.5. The van der Waals surface area contributed by atoms with Crippen molar-refractivity contribution in [3.05, 3.63) is 59.7 Å². The first-order valence-corrected chi connectivity index (χ1v) is 15.5. The van der Waals surface area contributed by atoms with Crippen molar-refractivity contribution in [2.75, 3.05) is 26.2 Å². The highest BCUT2D eigenvalue weighted by atomic mass is 16.2. The van der Waals surface area contributed by atoms with Gasteiger partial charge in [0.05, 0.1) is 25.9 Å². The first kappa shape index (κ1) is 31.6. The quantitative estimate of drug-likeness (QED) is 0.0749. The molecule has 12 nitrogen and oxygen atoms in total. The van der Waals surface area contributed by atoms with Crippen LogP contribution < -0.4 is 33.2 Å². The first-order chi connectivity index (χ1) is 21.3. The first-order valence-electron chi connectivity index (χ1n) is 15.5. The van der Waals surface area contributed by atoms with Gasteiger partial charge in [-0.1, -0.05) is 62.4 Å². The minimum atomic E-state index is -0.514. The Hall–Kier alpha value is -3.78. The molecule has 3 aromatic carbocycles. The van der Waals surface area contributed by atoms with Crippen molar-refractivity contribution >= 4 is 45.4 Å². The van der Waals surface area contributed by atoms with Gasteiger partial charge < -0.3 is 0 Å². The number of nitrogens with zero attached hydrogens (tertiary/aromatic N) is 2. The van der Waals surface area contributed by atoms with Crippen LogP contribution in [0, 0.1) is 0 Å². The van der Waals surface area contributed by atoms with E-state index < -0.39 is 33.4 Å². The van der Waals surface area contributed by atoms with Crippen LogP contribution in [0.1, 0.15) is 50.7 Å². The highest BCUT2D eigenvalue weighted by molar-refractivity contribution is 6.06. The topological polar surface area (TPSA) is 168 Å². The van der Waals surface area contributed by atoms with Crippen molar-refractivity contribution < 1.29 is 28.1 Å². The van der Waals surface area contributed by atoms with Gasteiger partial charge in [0, 0.05) is 12.8 Å². The van der Waals surface area contributed by atoms with E-state index in [9.17, 15) is 19.2 Å². The Kier molecular flexibility index (Phi) is 9.39. The SMILES string of the molecule is CCCC(=O)[N+]1(C(=O)NN)CCNC1Cc1c2ccccc2c(CC2NCC[N+]2(C(=O)CCC)C(=O)NN)c2ccccc12. The van der Waals surface area contributed by atoms with Gasteiger partial charge in [0.2, 0.25) is 0 Å². The van der Waals surface area contributed by atoms with Crippen molar-refractivity contribution in [3.63, 3.8) is 0 Å². The molecule has 0 spiro atoms. The molecule has 5 rings (SSSR count). The molecule has 12 heteroatoms. The highest BCUT2D eigenvalue weighted by Gasteiger charge is 2.55. The molecule has 2 saturated heterocycles. The summed E-state index contributed by atoms with van der Waals surface area (Å²) in [6.07, 6.45) is 1.62. The van der Waals surface area contributed by atoms with E-state index in [4.69, 9.17) is 11.7 Å². The lowest BCUT2D eigenvalue weighted by Crippen LogP contribution is -2.66. The monoisotopic (exact) mass is 604 g/mol. The molecular weight excluding hydrogens is 560 g/mol. The van der Waals surface area contributed by atoms with Gasteiger partial charge in [0.15, 0.2) is 12.3 Å². The zero-order chi connectivity index (χ0) is 31.5. The zero-order valence-electron chi connectivity index (χ0n) is 25.5. The summed E-state index contributed by atoms with van der Waals surface area (Å²) < 4.78 is -0.789. The molecule has 234 valence electrons. The molecule has 2 heterocycles. The number of benzene rings is 3. The van der Waals surface area contributed by atoms with Gasteiger partial charge in [0.1, 0.15) is 13.1 Å². The molecule has 8 N–H and O–H groups in total. The number of amides is 6. The third-order valence-corrected chi connectivity index (χ3v) is 9.49. The molecule has 44 heavy (non-hydrogen) atoms. The molecule has 0 aliphatic carbocycles. The Balaban J connectivity index is 1.65. The molecule has 6 amide bonds. The normalized spacial score (nSPS) is 24.9. The fourth-order valence-corrected chi connectivity index (χ4v) is 7.40. The third-order valence-electron chi connectivity index (χ3n) is 9.49. The molecular formula is C32H44N8O4+2. The van der Waals surface area contributed by atoms with Crippen LogP contribution >= 0.6 is 0 Å². The van der Waals surface area contributed by atoms with Crippen molar-refractivity contribution in [1.82, 2.24) is 21.5 Å². The van der Waals surface area contributed by atoms with Gasteiger partial charge in [0.25, 0.3) is 0 Å². The molecule has 2 aliphatic rings. The van der Waals surface area contributed by atoms with E-state index in [0.717, 1.165) is 32.7 Å². The number of hydrazine groups is 2. The Labute approximate surface area is 257 Å². The number of fused-ring (bicyclic) bond motifs is 2. The molecule has 0 bridgehead atoms. The Morgan fingerprint density at radius 3 is 1.32 bits per heavy atom. The van der Waals surface area contributed by atoms with Crippen molar-refractivity contribution in [2.24, 2.45) is 11.7 Å². The van der Waals surface area contributed by atoms with Crippen LogP contribution in [0.3, 0.4) is 0 Å². The maximum atomic E-state index is 13.5. The number of imide groups is 2. The van der Waals surface area contributed by atoms with E-state index in [1.54, 1.807) is 0 Å². The number of nitrogens with two attached hydrogens (primary N) is 2. The van der Waals surface area contributed by atoms with Gasteiger partial charge >= 0.3 is 23.9 Å². The van der Waals surface area contributed by atoms with Gasteiger partial charge in [-0.3, -0.25) is 10.6 Å². The molecule has 4 unspecified atom stereocenters. The molecule has 3 aromatic rings. The Morgan fingerprint density at radius 2 is 1.02 bits per heavy atom. The maximum Gasteiger partial charge on any atom is 0.439 e. The Morgan fingerprint density at radius 1 is 0.682 bits per heavy atom. The minimum Gasteiger partial charge on any atom is -0.261 e. The highest BCUT2D eigenvalue weighted by Crippen LogP contribution is 2.37. The largest absolute Gasteiger partial charge is 0.439 e. The fraction of sp³-hybridized carbons (Fsp3) is 0.438. The van der Waals surface area contributed by atoms with Crippen LogP contribution in [-0.2, 0) is 22.4 Å². The van der Waals surface area contributed by atoms with Crippen LogP contribution in [0.2, 0.25) is 0 Å². The molecule has 4 atom stereocenters. The summed E-state index contributed by atoms with van der Waals surface area (Å²) in [5.74, 6) is 11.0. The van der Waals surface area contributed by atoms with Crippen LogP contribution in [0.25, 0.3) is 21.5 Å². The van der Waals surface area contributed by atoms with Crippen molar-refractivity contribution in [1.29, 1.82) is 0 Å². The van der Waals surface area contributed by atoms with Crippen molar-refractivity contribution in [3.8, 4) is 0 Å². The van der Waals surface area contributed by atoms with Crippen LogP contribution in [0.4, 0.5) is 9.59 Å². The van der Waals surface area contributed by atoms with E-state index in [1.807, 2.05) is 38.1 Å². The number of urea groups is 2. The predicted molar refractivity (Wildman–Crippen MR) is 168 cm³/mol. The summed E-state index contributed by atoms with van der Waals surface area (Å²) in [5, 5.41) is 10.8. The number of quaternary nitrogens is 2. The number of carbonyl (C=O) groups excluding carboxylic acids is 4. The standard InChI is InChI=1S/C32H42N8O4/c1-3-9-29(41)39(31(43)37-33)17-15-35-27(39)19-25-21-11-5-7-13-23(21)26(24-14-8-6-12-22(24)25)20-28-36-16-18-40(28,32(44)38-34)30(42)10-4-2/h5-8,11-14,27-28,35-36H,3-4,9-10,15-20,33-34H2,1-2H3/p+2. The van der Waals surface area contributed by atoms with E-state index in [1.165, 1.54) is 0 Å². The average Bonchev–Trinajstić information content (AvgIpc) is 3.67. The lowest BCUT2D eigenvalue weighted by molar-refractivity contribution is -0.789. The Bertz CT molecular complexity index is 1420. The molecule has 0 aromatic heterocycles. The van der Waals surface area contributed by atoms with Gasteiger partial charge in [-0.05, 0) is 45.5 Å². The summed E-state index contributed by atoms with van der Waals surface area (Å²) in [6.45, 7) is 5.50. The van der Waals surface area contributed by atoms with Crippen LogP contribution in [-0.4, -0.2) is 71.4 Å². The third kappa shape index (κ3) is 5.07. The lowest BCUT2D eigenvalue weighted by atomic mass is 9.87. The van der Waals surface area contributed by atoms with E-state index in [-0.39, 0.29) is 24.7 Å². The average molecular weight is 605 g/mol. The van der Waals surface area contributed by atoms with Crippen LogP contribution in [0.15, 0.2) is 48.5 Å². The number of nitrogens with one attached hydrogen (secondary N) is 4. The molecule has 2 aliphatic heterocycles. The molecule has 2 fully saturated rings. The van der Waals surface area contributed by atoms with Gasteiger partial charge in [-0.25, -0.2) is 41.7 Å². The van der Waals surface area contributed by atoms with Gasteiger partial charge in [-0.15, -0.1) is 0 Å². The second-order valence-electron chi connectivity index (χ2n) is 11.8. The van der Waals surface area contributed by atoms with E-state index in [2.05, 4.69) is 45.8 Å². The van der Waals surface area contributed by atoms with Crippen molar-refractivity contribution in [2.45, 2.75) is 64.7 Å². The summed E-state index contributed by atoms with van der Waals surface area (Å²) >= 11 is 0. The number of hydrogen-bond donors (Lipinski definition) is 6. The lowest BCUT2D eigenvalue weighted by Gasteiger charge is -2.34. The van der Waals surface area contributed by atoms with E-state index in [0.29, 0.717) is 51.9 Å². The summed E-state index contributed by atoms with van der Waals surface area (Å²) in [6, 6.07) is 15.1. The fourth-order valence-electron chi connectivity index (χ4n) is 7.40. The number of carbonyl (C=O) groups is 4. The molecule has 0 saturated carbocycles. The summed E-state index contributed by atoms with van der Waals surface area (Å²) in [4.78, 5) is 53.6. The smallest absolute Gasteiger partial charge is 0.261 e. The molecule has 0 radical (unpaired) electrons. The second-order valence-corrected chi connectivity index (χ2v) is 11.8. The van der Waals surface area contributed by atoms with Gasteiger partial charge in [-0.2, -0.15) is 8.97 Å². The zero-order valence-corrected chi connectivity index (χ0v) is 25.5. The number of rotatable bonds is 8. The summed E-state index contributed by atoms with van der Waals surface area (Å²) in [5.41, 5.74) is 6.55. The predicted octanol–water partition coefficient (Wildman–Crippen LogP) is 2.39. The minimum absolute atomic E-state index is 0.160. The van der Waals surface area contributed by atoms with Crippen LogP contribution in [0.5, 0.6) is 0 Å². The number of hydrogen-bond acceptors (Lipinski definition) is 8. The van der Waals surface area contributed by atoms with E-state index >= 15 is 0 Å². The second kappa shape index (κ2) is 13.1.